The van der Waals surface area contributed by atoms with Crippen LogP contribution in [-0.4, -0.2) is 64.6 Å². The van der Waals surface area contributed by atoms with Crippen molar-refractivity contribution in [2.75, 3.05) is 44.1 Å². The minimum absolute atomic E-state index is 0.180. The number of carbonyl (C=O) groups excluding carboxylic acids is 1. The Morgan fingerprint density at radius 1 is 1.12 bits per heavy atom. The summed E-state index contributed by atoms with van der Waals surface area (Å²) in [5, 5.41) is 0.531. The quantitative estimate of drug-likeness (QED) is 0.601. The fraction of sp³-hybridized carbons (Fsp3) is 0.409. The number of halogens is 4. The number of carbonyl (C=O) groups is 1. The van der Waals surface area contributed by atoms with Gasteiger partial charge >= 0.3 is 6.18 Å². The van der Waals surface area contributed by atoms with Crippen LogP contribution in [0.3, 0.4) is 0 Å². The summed E-state index contributed by atoms with van der Waals surface area (Å²) in [6, 6.07) is 6.93. The average Bonchev–Trinajstić information content (AvgIpc) is 3.18. The van der Waals surface area contributed by atoms with Gasteiger partial charge < -0.3 is 19.3 Å². The monoisotopic (exact) mass is 518 g/mol. The van der Waals surface area contributed by atoms with E-state index in [4.69, 9.17) is 21.1 Å². The number of rotatable bonds is 5. The highest BCUT2D eigenvalue weighted by Crippen LogP contribution is 2.36. The lowest BCUT2D eigenvalue weighted by atomic mass is 10.1. The van der Waals surface area contributed by atoms with E-state index in [-0.39, 0.29) is 29.3 Å². The summed E-state index contributed by atoms with van der Waals surface area (Å²) >= 11 is 6.49. The molecular weight excluding hydrogens is 497 g/mol. The zero-order valence-corrected chi connectivity index (χ0v) is 19.8. The van der Waals surface area contributed by atoms with Crippen molar-refractivity contribution in [3.05, 3.63) is 52.0 Å². The van der Waals surface area contributed by atoms with Gasteiger partial charge in [-0.05, 0) is 41.5 Å². The van der Waals surface area contributed by atoms with Crippen LogP contribution in [0, 0.1) is 0 Å². The highest BCUT2D eigenvalue weighted by molar-refractivity contribution is 7.90. The van der Waals surface area contributed by atoms with Crippen LogP contribution in [0.15, 0.2) is 35.2 Å². The van der Waals surface area contributed by atoms with Crippen LogP contribution in [0.1, 0.15) is 21.5 Å². The van der Waals surface area contributed by atoms with Gasteiger partial charge in [-0.1, -0.05) is 11.6 Å². The zero-order valence-electron chi connectivity index (χ0n) is 18.2. The Morgan fingerprint density at radius 3 is 2.38 bits per heavy atom. The maximum Gasteiger partial charge on any atom is 0.422 e. The molecule has 2 aromatic carbocycles. The topological polar surface area (TPSA) is 76.2 Å². The van der Waals surface area contributed by atoms with Crippen molar-refractivity contribution in [2.45, 2.75) is 24.2 Å². The number of benzene rings is 2. The van der Waals surface area contributed by atoms with Gasteiger partial charge in [0.15, 0.2) is 16.4 Å². The number of alkyl halides is 3. The molecule has 1 amide bonds. The lowest BCUT2D eigenvalue weighted by Crippen LogP contribution is -2.36. The Balaban J connectivity index is 1.62. The first-order chi connectivity index (χ1) is 15.9. The molecule has 2 aromatic rings. The highest BCUT2D eigenvalue weighted by Gasteiger charge is 2.32. The zero-order chi connectivity index (χ0) is 24.7. The number of sulfone groups is 1. The van der Waals surface area contributed by atoms with Crippen LogP contribution < -0.4 is 9.64 Å². The second-order valence-corrected chi connectivity index (χ2v) is 10.6. The van der Waals surface area contributed by atoms with E-state index in [1.54, 1.807) is 6.07 Å². The van der Waals surface area contributed by atoms with Crippen LogP contribution in [0.5, 0.6) is 5.75 Å². The lowest BCUT2D eigenvalue weighted by Gasteiger charge is -2.30. The fourth-order valence-corrected chi connectivity index (χ4v) is 4.91. The van der Waals surface area contributed by atoms with Gasteiger partial charge in [0, 0.05) is 32.4 Å². The minimum atomic E-state index is -4.62. The molecule has 0 aromatic heterocycles. The molecule has 0 N–H and O–H groups in total. The second-order valence-electron chi connectivity index (χ2n) is 8.17. The van der Waals surface area contributed by atoms with Gasteiger partial charge in [0.1, 0.15) is 5.75 Å². The van der Waals surface area contributed by atoms with E-state index in [1.807, 2.05) is 6.07 Å². The van der Waals surface area contributed by atoms with Gasteiger partial charge in [0.25, 0.3) is 5.91 Å². The molecule has 184 valence electrons. The maximum absolute atomic E-state index is 13.3. The normalized spacial score (nSPS) is 16.5. The number of anilines is 1. The molecule has 7 nitrogen and oxygen atoms in total. The van der Waals surface area contributed by atoms with E-state index in [0.717, 1.165) is 41.3 Å². The third-order valence-corrected chi connectivity index (χ3v) is 7.04. The van der Waals surface area contributed by atoms with Crippen molar-refractivity contribution < 1.29 is 35.9 Å². The van der Waals surface area contributed by atoms with Crippen molar-refractivity contribution in [3.8, 4) is 5.75 Å². The molecule has 12 heteroatoms. The Labute approximate surface area is 199 Å². The molecule has 4 rings (SSSR count). The first kappa shape index (κ1) is 24.6. The molecule has 0 radical (unpaired) electrons. The van der Waals surface area contributed by atoms with E-state index in [1.165, 1.54) is 4.90 Å². The summed E-state index contributed by atoms with van der Waals surface area (Å²) in [5.74, 6) is -0.972. The Hall–Kier alpha value is -2.50. The number of fused-ring (bicyclic) bond motifs is 1. The minimum Gasteiger partial charge on any atom is -0.483 e. The van der Waals surface area contributed by atoms with Gasteiger partial charge in [-0.2, -0.15) is 13.2 Å². The van der Waals surface area contributed by atoms with Crippen LogP contribution in [0.2, 0.25) is 5.02 Å². The summed E-state index contributed by atoms with van der Waals surface area (Å²) in [6.07, 6.45) is -3.67. The molecule has 2 aliphatic rings. The third kappa shape index (κ3) is 5.42. The van der Waals surface area contributed by atoms with E-state index in [9.17, 15) is 26.4 Å². The smallest absolute Gasteiger partial charge is 0.422 e. The third-order valence-electron chi connectivity index (χ3n) is 5.63. The molecule has 1 saturated heterocycles. The van der Waals surface area contributed by atoms with Crippen LogP contribution in [0.25, 0.3) is 0 Å². The van der Waals surface area contributed by atoms with Crippen molar-refractivity contribution in [1.29, 1.82) is 0 Å². The van der Waals surface area contributed by atoms with Crippen LogP contribution in [-0.2, 0) is 27.7 Å². The van der Waals surface area contributed by atoms with Gasteiger partial charge in [-0.25, -0.2) is 8.42 Å². The fourth-order valence-electron chi connectivity index (χ4n) is 3.96. The molecule has 0 bridgehead atoms. The molecule has 0 unspecified atom stereocenters. The Morgan fingerprint density at radius 2 is 1.76 bits per heavy atom. The number of nitrogens with zero attached hydrogens (tertiary/aromatic N) is 2. The van der Waals surface area contributed by atoms with Gasteiger partial charge in [-0.3, -0.25) is 4.79 Å². The molecule has 0 spiro atoms. The largest absolute Gasteiger partial charge is 0.483 e. The molecule has 0 saturated carbocycles. The van der Waals surface area contributed by atoms with E-state index < -0.39 is 28.5 Å². The van der Waals surface area contributed by atoms with E-state index in [2.05, 4.69) is 4.90 Å². The summed E-state index contributed by atoms with van der Waals surface area (Å²) in [4.78, 5) is 16.6. The van der Waals surface area contributed by atoms with Gasteiger partial charge in [0.05, 0.1) is 34.4 Å². The average molecular weight is 519 g/mol. The molecule has 1 fully saturated rings. The van der Waals surface area contributed by atoms with Gasteiger partial charge in [0.2, 0.25) is 0 Å². The highest BCUT2D eigenvalue weighted by atomic mass is 35.5. The van der Waals surface area contributed by atoms with Crippen molar-refractivity contribution in [1.82, 2.24) is 4.90 Å². The predicted octanol–water partition coefficient (Wildman–Crippen LogP) is 3.68. The van der Waals surface area contributed by atoms with E-state index >= 15 is 0 Å². The van der Waals surface area contributed by atoms with Gasteiger partial charge in [-0.15, -0.1) is 0 Å². The number of amides is 1. The summed E-state index contributed by atoms with van der Waals surface area (Å²) in [5.41, 5.74) is 2.24. The number of hydrogen-bond acceptors (Lipinski definition) is 6. The summed E-state index contributed by atoms with van der Waals surface area (Å²) in [7, 11) is -3.70. The standard InChI is InChI=1S/C22H22ClF3N2O5S/c1-34(30,31)16-2-3-20(33-13-22(24,25)26)17(10-16)21(29)28-11-14-8-18(23)19(9-15(14)12-28)27-4-6-32-7-5-27/h2-3,8-10H,4-7,11-13H2,1H3. The SMILES string of the molecule is CS(=O)(=O)c1ccc(OCC(F)(F)F)c(C(=O)N2Cc3cc(Cl)c(N4CCOCC4)cc3C2)c1. The molecule has 2 heterocycles. The number of ether oxygens (including phenoxy) is 2. The van der Waals surface area contributed by atoms with Crippen molar-refractivity contribution in [2.24, 2.45) is 0 Å². The number of hydrogen-bond donors (Lipinski definition) is 0. The lowest BCUT2D eigenvalue weighted by molar-refractivity contribution is -0.153. The first-order valence-electron chi connectivity index (χ1n) is 10.4. The Kier molecular flexibility index (Phi) is 6.71. The molecule has 2 aliphatic heterocycles. The maximum atomic E-state index is 13.3. The molecule has 0 aliphatic carbocycles. The van der Waals surface area contributed by atoms with Crippen LogP contribution >= 0.6 is 11.6 Å². The van der Waals surface area contributed by atoms with Crippen molar-refractivity contribution >= 4 is 33.0 Å². The first-order valence-corrected chi connectivity index (χ1v) is 12.7. The van der Waals surface area contributed by atoms with E-state index in [0.29, 0.717) is 31.3 Å². The summed E-state index contributed by atoms with van der Waals surface area (Å²) in [6.45, 7) is 1.29. The second kappa shape index (κ2) is 9.27. The Bertz CT molecular complexity index is 1210. The number of morpholine rings is 1. The van der Waals surface area contributed by atoms with Crippen LogP contribution in [0.4, 0.5) is 18.9 Å². The summed E-state index contributed by atoms with van der Waals surface area (Å²) < 4.78 is 72.3. The molecule has 34 heavy (non-hydrogen) atoms. The predicted molar refractivity (Wildman–Crippen MR) is 119 cm³/mol. The molecule has 0 atom stereocenters. The molecular formula is C22H22ClF3N2O5S. The van der Waals surface area contributed by atoms with Crippen molar-refractivity contribution in [3.63, 3.8) is 0 Å².